The van der Waals surface area contributed by atoms with Crippen LogP contribution in [0.15, 0.2) is 18.2 Å². The number of benzene rings is 1. The monoisotopic (exact) mass is 404 g/mol. The minimum Gasteiger partial charge on any atom is -0.462 e. The summed E-state index contributed by atoms with van der Waals surface area (Å²) in [6, 6.07) is 5.13. The van der Waals surface area contributed by atoms with Gasteiger partial charge in [-0.2, -0.15) is 0 Å². The third-order valence-electron chi connectivity index (χ3n) is 5.54. The van der Waals surface area contributed by atoms with E-state index in [9.17, 15) is 9.59 Å². The highest BCUT2D eigenvalue weighted by molar-refractivity contribution is 5.95. The molecule has 1 aromatic rings. The summed E-state index contributed by atoms with van der Waals surface area (Å²) in [6.45, 7) is 11.3. The second-order valence-corrected chi connectivity index (χ2v) is 8.12. The molecule has 164 valence electrons. The number of ether oxygens (including phenoxy) is 2. The number of rotatable bonds is 14. The van der Waals surface area contributed by atoms with Gasteiger partial charge in [0.25, 0.3) is 0 Å². The molecule has 0 fully saturated rings. The van der Waals surface area contributed by atoms with E-state index in [1.807, 2.05) is 6.92 Å². The normalized spacial score (nSPS) is 13.0. The highest BCUT2D eigenvalue weighted by Crippen LogP contribution is 2.18. The van der Waals surface area contributed by atoms with Crippen molar-refractivity contribution in [3.05, 3.63) is 34.9 Å². The Morgan fingerprint density at radius 1 is 0.759 bits per heavy atom. The molecule has 2 atom stereocenters. The van der Waals surface area contributed by atoms with Crippen molar-refractivity contribution in [2.24, 2.45) is 11.8 Å². The molecular weight excluding hydrogens is 364 g/mol. The fourth-order valence-corrected chi connectivity index (χ4v) is 3.37. The molecule has 2 unspecified atom stereocenters. The molecule has 0 bridgehead atoms. The zero-order valence-corrected chi connectivity index (χ0v) is 19.1. The molecule has 4 nitrogen and oxygen atoms in total. The summed E-state index contributed by atoms with van der Waals surface area (Å²) in [4.78, 5) is 25.0. The van der Waals surface area contributed by atoms with Crippen molar-refractivity contribution in [3.63, 3.8) is 0 Å². The Hall–Kier alpha value is -1.84. The molecule has 0 amide bonds. The minimum absolute atomic E-state index is 0.368. The average molecular weight is 405 g/mol. The molecule has 0 saturated carbocycles. The maximum absolute atomic E-state index is 12.5. The third-order valence-corrected chi connectivity index (χ3v) is 5.54. The predicted octanol–water partition coefficient (Wildman–Crippen LogP) is 6.74. The highest BCUT2D eigenvalue weighted by atomic mass is 16.5. The van der Waals surface area contributed by atoms with Crippen molar-refractivity contribution in [1.29, 1.82) is 0 Å². The van der Waals surface area contributed by atoms with Crippen LogP contribution in [0.1, 0.15) is 105 Å². The van der Waals surface area contributed by atoms with Gasteiger partial charge >= 0.3 is 11.9 Å². The van der Waals surface area contributed by atoms with Crippen molar-refractivity contribution < 1.29 is 19.1 Å². The van der Waals surface area contributed by atoms with Gasteiger partial charge in [-0.3, -0.25) is 0 Å². The minimum atomic E-state index is -0.368. The quantitative estimate of drug-likeness (QED) is 0.322. The van der Waals surface area contributed by atoms with Crippen molar-refractivity contribution in [2.75, 3.05) is 13.2 Å². The summed E-state index contributed by atoms with van der Waals surface area (Å²) in [7, 11) is 0. The van der Waals surface area contributed by atoms with Crippen LogP contribution in [0.2, 0.25) is 0 Å². The summed E-state index contributed by atoms with van der Waals surface area (Å²) in [5.41, 5.74) is 1.68. The molecule has 0 aromatic heterocycles. The Kier molecular flexibility index (Phi) is 12.3. The lowest BCUT2D eigenvalue weighted by atomic mass is 10.0. The van der Waals surface area contributed by atoms with Crippen LogP contribution in [-0.2, 0) is 9.47 Å². The van der Waals surface area contributed by atoms with E-state index in [-0.39, 0.29) is 11.9 Å². The SMILES string of the molecule is CCCCC(CC)COC(=O)c1cc(C)cc(C(=O)OCC(CC)CCCC)c1. The molecule has 1 aromatic carbocycles. The third kappa shape index (κ3) is 9.47. The van der Waals surface area contributed by atoms with E-state index >= 15 is 0 Å². The Labute approximate surface area is 177 Å². The first kappa shape index (κ1) is 25.2. The fourth-order valence-electron chi connectivity index (χ4n) is 3.37. The van der Waals surface area contributed by atoms with Crippen LogP contribution in [0, 0.1) is 18.8 Å². The summed E-state index contributed by atoms with van der Waals surface area (Å²) in [6.07, 6.45) is 8.71. The summed E-state index contributed by atoms with van der Waals surface area (Å²) in [5.74, 6) is 0.0450. The molecule has 0 aliphatic heterocycles. The number of carbonyl (C=O) groups is 2. The smallest absolute Gasteiger partial charge is 0.338 e. The lowest BCUT2D eigenvalue weighted by molar-refractivity contribution is 0.0426. The maximum atomic E-state index is 12.5. The Bertz CT molecular complexity index is 573. The van der Waals surface area contributed by atoms with Crippen LogP contribution in [0.5, 0.6) is 0 Å². The first-order valence-electron chi connectivity index (χ1n) is 11.4. The van der Waals surface area contributed by atoms with E-state index in [2.05, 4.69) is 27.7 Å². The van der Waals surface area contributed by atoms with Gasteiger partial charge in [-0.25, -0.2) is 9.59 Å². The topological polar surface area (TPSA) is 52.6 Å². The van der Waals surface area contributed by atoms with Crippen LogP contribution in [0.25, 0.3) is 0 Å². The Morgan fingerprint density at radius 3 is 1.52 bits per heavy atom. The molecule has 0 aliphatic rings. The van der Waals surface area contributed by atoms with Crippen LogP contribution >= 0.6 is 0 Å². The van der Waals surface area contributed by atoms with Crippen molar-refractivity contribution in [1.82, 2.24) is 0 Å². The van der Waals surface area contributed by atoms with Crippen LogP contribution in [0.3, 0.4) is 0 Å². The zero-order valence-electron chi connectivity index (χ0n) is 19.1. The molecule has 0 radical (unpaired) electrons. The lowest BCUT2D eigenvalue weighted by Gasteiger charge is -2.16. The molecule has 0 N–H and O–H groups in total. The van der Waals surface area contributed by atoms with Gasteiger partial charge in [0, 0.05) is 0 Å². The van der Waals surface area contributed by atoms with E-state index in [0.29, 0.717) is 36.2 Å². The largest absolute Gasteiger partial charge is 0.462 e. The van der Waals surface area contributed by atoms with Gasteiger partial charge < -0.3 is 9.47 Å². The standard InChI is InChI=1S/C25H40O4/c1-6-10-12-20(8-3)17-28-24(26)22-14-19(5)15-23(16-22)25(27)29-18-21(9-4)13-11-7-2/h14-16,20-21H,6-13,17-18H2,1-5H3. The molecule has 1 rings (SSSR count). The first-order valence-corrected chi connectivity index (χ1v) is 11.4. The van der Waals surface area contributed by atoms with Gasteiger partial charge in [-0.05, 0) is 55.4 Å². The van der Waals surface area contributed by atoms with Crippen LogP contribution < -0.4 is 0 Å². The highest BCUT2D eigenvalue weighted by Gasteiger charge is 2.17. The molecule has 0 heterocycles. The van der Waals surface area contributed by atoms with Gasteiger partial charge in [0.1, 0.15) is 0 Å². The molecule has 29 heavy (non-hydrogen) atoms. The van der Waals surface area contributed by atoms with E-state index in [4.69, 9.17) is 9.47 Å². The van der Waals surface area contributed by atoms with Crippen molar-refractivity contribution in [2.45, 2.75) is 86.0 Å². The number of carbonyl (C=O) groups excluding carboxylic acids is 2. The van der Waals surface area contributed by atoms with Crippen LogP contribution in [0.4, 0.5) is 0 Å². The lowest BCUT2D eigenvalue weighted by Crippen LogP contribution is -2.16. The number of hydrogen-bond donors (Lipinski definition) is 0. The second kappa shape index (κ2) is 14.2. The average Bonchev–Trinajstić information content (AvgIpc) is 2.73. The van der Waals surface area contributed by atoms with Crippen LogP contribution in [-0.4, -0.2) is 25.2 Å². The van der Waals surface area contributed by atoms with Gasteiger partial charge in [0.05, 0.1) is 24.3 Å². The summed E-state index contributed by atoms with van der Waals surface area (Å²) >= 11 is 0. The summed E-state index contributed by atoms with van der Waals surface area (Å²) < 4.78 is 11.1. The molecule has 0 spiro atoms. The number of unbranched alkanes of at least 4 members (excludes halogenated alkanes) is 2. The van der Waals surface area contributed by atoms with E-state index in [1.165, 1.54) is 0 Å². The Balaban J connectivity index is 2.70. The molecule has 0 saturated heterocycles. The van der Waals surface area contributed by atoms with Gasteiger partial charge in [0.15, 0.2) is 0 Å². The first-order chi connectivity index (χ1) is 13.9. The summed E-state index contributed by atoms with van der Waals surface area (Å²) in [5, 5.41) is 0. The number of hydrogen-bond acceptors (Lipinski definition) is 4. The van der Waals surface area contributed by atoms with E-state index < -0.39 is 0 Å². The Morgan fingerprint density at radius 2 is 1.17 bits per heavy atom. The van der Waals surface area contributed by atoms with Crippen molar-refractivity contribution in [3.8, 4) is 0 Å². The molecule has 4 heteroatoms. The maximum Gasteiger partial charge on any atom is 0.338 e. The van der Waals surface area contributed by atoms with Gasteiger partial charge in [-0.1, -0.05) is 66.2 Å². The van der Waals surface area contributed by atoms with E-state index in [0.717, 1.165) is 56.9 Å². The second-order valence-electron chi connectivity index (χ2n) is 8.12. The fraction of sp³-hybridized carbons (Fsp3) is 0.680. The number of esters is 2. The molecular formula is C25H40O4. The zero-order chi connectivity index (χ0) is 21.6. The molecule has 0 aliphatic carbocycles. The van der Waals surface area contributed by atoms with E-state index in [1.54, 1.807) is 18.2 Å². The van der Waals surface area contributed by atoms with Gasteiger partial charge in [0.2, 0.25) is 0 Å². The van der Waals surface area contributed by atoms with Gasteiger partial charge in [-0.15, -0.1) is 0 Å². The number of aryl methyl sites for hydroxylation is 1. The van der Waals surface area contributed by atoms with Crippen molar-refractivity contribution >= 4 is 11.9 Å². The predicted molar refractivity (Wildman–Crippen MR) is 118 cm³/mol.